The van der Waals surface area contributed by atoms with E-state index in [1.165, 1.54) is 0 Å². The van der Waals surface area contributed by atoms with Crippen molar-refractivity contribution in [3.63, 3.8) is 0 Å². The molecule has 1 aliphatic rings. The van der Waals surface area contributed by atoms with Crippen molar-refractivity contribution in [3.05, 3.63) is 46.8 Å². The monoisotopic (exact) mass is 328 g/mol. The van der Waals surface area contributed by atoms with Gasteiger partial charge in [0, 0.05) is 17.6 Å². The lowest BCUT2D eigenvalue weighted by Crippen LogP contribution is -2.38. The van der Waals surface area contributed by atoms with Crippen molar-refractivity contribution in [2.45, 2.75) is 59.2 Å². The number of carbonyl (C=O) groups is 1. The van der Waals surface area contributed by atoms with Crippen molar-refractivity contribution in [2.75, 3.05) is 0 Å². The van der Waals surface area contributed by atoms with Crippen molar-refractivity contribution in [2.24, 2.45) is 0 Å². The van der Waals surface area contributed by atoms with Crippen LogP contribution in [0, 0.1) is 13.8 Å². The lowest BCUT2D eigenvalue weighted by Gasteiger charge is -2.26. The van der Waals surface area contributed by atoms with Crippen LogP contribution < -0.4 is 4.74 Å². The molecule has 0 saturated heterocycles. The average Bonchev–Trinajstić information content (AvgIpc) is 3.32. The van der Waals surface area contributed by atoms with Crippen LogP contribution >= 0.6 is 0 Å². The molecule has 0 bridgehead atoms. The molecule has 0 N–H and O–H groups in total. The standard InChI is InChI=1S/C19H24N2O3/c1-12(2)21(16-7-8-16)19(22)15-5-9-17(10-6-15)23-11-18-13(3)20-24-14(18)4/h5-6,9-10,12,16H,7-8,11H2,1-4H3. The van der Waals surface area contributed by atoms with Crippen LogP contribution in [0.4, 0.5) is 0 Å². The number of hydrogen-bond donors (Lipinski definition) is 0. The Bertz CT molecular complexity index is 693. The highest BCUT2D eigenvalue weighted by molar-refractivity contribution is 5.95. The van der Waals surface area contributed by atoms with Gasteiger partial charge in [0.25, 0.3) is 5.91 Å². The molecule has 0 atom stereocenters. The molecule has 0 radical (unpaired) electrons. The third-order valence-electron chi connectivity index (χ3n) is 4.40. The summed E-state index contributed by atoms with van der Waals surface area (Å²) >= 11 is 0. The highest BCUT2D eigenvalue weighted by atomic mass is 16.5. The minimum Gasteiger partial charge on any atom is -0.489 e. The molecular weight excluding hydrogens is 304 g/mol. The lowest BCUT2D eigenvalue weighted by atomic mass is 10.1. The van der Waals surface area contributed by atoms with Gasteiger partial charge in [-0.1, -0.05) is 5.16 Å². The number of hydrogen-bond acceptors (Lipinski definition) is 4. The summed E-state index contributed by atoms with van der Waals surface area (Å²) in [6.45, 7) is 8.32. The van der Waals surface area contributed by atoms with Crippen LogP contribution in [0.2, 0.25) is 0 Å². The van der Waals surface area contributed by atoms with Gasteiger partial charge in [-0.15, -0.1) is 0 Å². The Morgan fingerprint density at radius 1 is 1.29 bits per heavy atom. The Balaban J connectivity index is 1.66. The van der Waals surface area contributed by atoms with Gasteiger partial charge in [-0.05, 0) is 64.8 Å². The second kappa shape index (κ2) is 6.67. The molecule has 3 rings (SSSR count). The van der Waals surface area contributed by atoms with E-state index in [2.05, 4.69) is 19.0 Å². The molecule has 1 saturated carbocycles. The van der Waals surface area contributed by atoms with Gasteiger partial charge in [-0.25, -0.2) is 0 Å². The van der Waals surface area contributed by atoms with Crippen LogP contribution in [0.15, 0.2) is 28.8 Å². The lowest BCUT2D eigenvalue weighted by molar-refractivity contribution is 0.0690. The Kier molecular flexibility index (Phi) is 4.60. The van der Waals surface area contributed by atoms with E-state index < -0.39 is 0 Å². The number of benzene rings is 1. The molecule has 1 aliphatic carbocycles. The quantitative estimate of drug-likeness (QED) is 0.807. The van der Waals surface area contributed by atoms with E-state index in [1.54, 1.807) is 0 Å². The molecule has 0 spiro atoms. The first-order valence-corrected chi connectivity index (χ1v) is 8.44. The number of nitrogens with zero attached hydrogens (tertiary/aromatic N) is 2. The number of ether oxygens (including phenoxy) is 1. The maximum Gasteiger partial charge on any atom is 0.254 e. The maximum absolute atomic E-state index is 12.7. The highest BCUT2D eigenvalue weighted by Gasteiger charge is 2.34. The summed E-state index contributed by atoms with van der Waals surface area (Å²) in [5, 5.41) is 3.92. The van der Waals surface area contributed by atoms with Gasteiger partial charge < -0.3 is 14.2 Å². The van der Waals surface area contributed by atoms with Gasteiger partial charge in [-0.3, -0.25) is 4.79 Å². The summed E-state index contributed by atoms with van der Waals surface area (Å²) in [5.74, 6) is 1.61. The van der Waals surface area contributed by atoms with Gasteiger partial charge in [-0.2, -0.15) is 0 Å². The molecule has 1 aromatic carbocycles. The van der Waals surface area contributed by atoms with Gasteiger partial charge in [0.05, 0.1) is 11.3 Å². The molecule has 1 heterocycles. The smallest absolute Gasteiger partial charge is 0.254 e. The van der Waals surface area contributed by atoms with Gasteiger partial charge in [0.1, 0.15) is 18.1 Å². The molecule has 0 aliphatic heterocycles. The second-order valence-corrected chi connectivity index (χ2v) is 6.65. The first kappa shape index (κ1) is 16.6. The number of aryl methyl sites for hydroxylation is 2. The topological polar surface area (TPSA) is 55.6 Å². The van der Waals surface area contributed by atoms with Crippen molar-refractivity contribution in [1.29, 1.82) is 0 Å². The zero-order valence-electron chi connectivity index (χ0n) is 14.7. The molecule has 5 nitrogen and oxygen atoms in total. The molecule has 1 amide bonds. The van der Waals surface area contributed by atoms with Gasteiger partial charge in [0.15, 0.2) is 0 Å². The summed E-state index contributed by atoms with van der Waals surface area (Å²) in [4.78, 5) is 14.7. The Hall–Kier alpha value is -2.30. The van der Waals surface area contributed by atoms with Crippen LogP contribution in [0.5, 0.6) is 5.75 Å². The fraction of sp³-hybridized carbons (Fsp3) is 0.474. The number of rotatable bonds is 6. The SMILES string of the molecule is Cc1noc(C)c1COc1ccc(C(=O)N(C(C)C)C2CC2)cc1. The van der Waals surface area contributed by atoms with Gasteiger partial charge >= 0.3 is 0 Å². The predicted molar refractivity (Wildman–Crippen MR) is 91.1 cm³/mol. The summed E-state index contributed by atoms with van der Waals surface area (Å²) in [6, 6.07) is 7.99. The zero-order chi connectivity index (χ0) is 17.3. The fourth-order valence-electron chi connectivity index (χ4n) is 2.88. The zero-order valence-corrected chi connectivity index (χ0v) is 14.7. The number of aromatic nitrogens is 1. The highest BCUT2D eigenvalue weighted by Crippen LogP contribution is 2.30. The Labute approximate surface area is 142 Å². The fourth-order valence-corrected chi connectivity index (χ4v) is 2.88. The minimum atomic E-state index is 0.102. The van der Waals surface area contributed by atoms with Crippen LogP contribution in [-0.2, 0) is 6.61 Å². The Morgan fingerprint density at radius 3 is 2.46 bits per heavy atom. The van der Waals surface area contributed by atoms with E-state index >= 15 is 0 Å². The van der Waals surface area contributed by atoms with Crippen molar-refractivity contribution in [3.8, 4) is 5.75 Å². The van der Waals surface area contributed by atoms with E-state index in [0.717, 1.165) is 35.6 Å². The Morgan fingerprint density at radius 2 is 1.96 bits per heavy atom. The van der Waals surface area contributed by atoms with Crippen molar-refractivity contribution < 1.29 is 14.1 Å². The normalized spacial score (nSPS) is 14.0. The molecule has 5 heteroatoms. The summed E-state index contributed by atoms with van der Waals surface area (Å²) in [6.07, 6.45) is 2.23. The molecule has 1 fully saturated rings. The molecule has 0 unspecified atom stereocenters. The molecular formula is C19H24N2O3. The van der Waals surface area contributed by atoms with E-state index in [9.17, 15) is 4.79 Å². The molecule has 24 heavy (non-hydrogen) atoms. The minimum absolute atomic E-state index is 0.102. The van der Waals surface area contributed by atoms with E-state index in [1.807, 2.05) is 43.0 Å². The third kappa shape index (κ3) is 3.45. The summed E-state index contributed by atoms with van der Waals surface area (Å²) in [5.41, 5.74) is 2.52. The van der Waals surface area contributed by atoms with Crippen molar-refractivity contribution >= 4 is 5.91 Å². The van der Waals surface area contributed by atoms with E-state index in [0.29, 0.717) is 18.2 Å². The average molecular weight is 328 g/mol. The third-order valence-corrected chi connectivity index (χ3v) is 4.40. The van der Waals surface area contributed by atoms with Crippen LogP contribution in [-0.4, -0.2) is 28.0 Å². The first-order valence-electron chi connectivity index (χ1n) is 8.44. The molecule has 2 aromatic rings. The van der Waals surface area contributed by atoms with E-state index in [4.69, 9.17) is 9.26 Å². The van der Waals surface area contributed by atoms with Gasteiger partial charge in [0.2, 0.25) is 0 Å². The van der Waals surface area contributed by atoms with E-state index in [-0.39, 0.29) is 11.9 Å². The second-order valence-electron chi connectivity index (χ2n) is 6.65. The van der Waals surface area contributed by atoms with Crippen molar-refractivity contribution in [1.82, 2.24) is 10.1 Å². The number of carbonyl (C=O) groups excluding carboxylic acids is 1. The largest absolute Gasteiger partial charge is 0.489 e. The summed E-state index contributed by atoms with van der Waals surface area (Å²) < 4.78 is 10.9. The predicted octanol–water partition coefficient (Wildman–Crippen LogP) is 3.88. The maximum atomic E-state index is 12.7. The first-order chi connectivity index (χ1) is 11.5. The van der Waals surface area contributed by atoms with Crippen LogP contribution in [0.25, 0.3) is 0 Å². The van der Waals surface area contributed by atoms with Crippen LogP contribution in [0.3, 0.4) is 0 Å². The molecule has 1 aromatic heterocycles. The van der Waals surface area contributed by atoms with Crippen LogP contribution in [0.1, 0.15) is 54.1 Å². The molecule has 128 valence electrons. The number of amides is 1. The summed E-state index contributed by atoms with van der Waals surface area (Å²) in [7, 11) is 0.